The van der Waals surface area contributed by atoms with Crippen molar-refractivity contribution in [2.24, 2.45) is 35.3 Å². The highest BCUT2D eigenvalue weighted by Gasteiger charge is 2.48. The van der Waals surface area contributed by atoms with Crippen molar-refractivity contribution in [3.8, 4) is 0 Å². The molecule has 0 aliphatic heterocycles. The van der Waals surface area contributed by atoms with Crippen molar-refractivity contribution in [2.75, 3.05) is 0 Å². The van der Waals surface area contributed by atoms with Crippen molar-refractivity contribution < 1.29 is 0 Å². The zero-order chi connectivity index (χ0) is 12.1. The van der Waals surface area contributed by atoms with Crippen LogP contribution in [-0.2, 0) is 13.1 Å². The topological polar surface area (TPSA) is 43.8 Å². The predicted octanol–water partition coefficient (Wildman–Crippen LogP) is 2.41. The highest BCUT2D eigenvalue weighted by Crippen LogP contribution is 2.56. The molecule has 0 radical (unpaired) electrons. The first-order valence-electron chi connectivity index (χ1n) is 7.54. The van der Waals surface area contributed by atoms with Gasteiger partial charge in [-0.25, -0.2) is 0 Å². The van der Waals surface area contributed by atoms with Gasteiger partial charge in [-0.05, 0) is 67.8 Å². The predicted molar refractivity (Wildman–Crippen MR) is 70.7 cm³/mol. The molecule has 4 saturated carbocycles. The van der Waals surface area contributed by atoms with E-state index in [2.05, 4.69) is 15.8 Å². The summed E-state index contributed by atoms with van der Waals surface area (Å²) in [4.78, 5) is 0. The highest BCUT2D eigenvalue weighted by atomic mass is 15.3. The Kier molecular flexibility index (Phi) is 2.51. The van der Waals surface area contributed by atoms with E-state index >= 15 is 0 Å². The lowest BCUT2D eigenvalue weighted by Gasteiger charge is -2.54. The van der Waals surface area contributed by atoms with E-state index in [4.69, 9.17) is 5.73 Å². The van der Waals surface area contributed by atoms with Gasteiger partial charge in [0.25, 0.3) is 0 Å². The molecule has 1 heterocycles. The van der Waals surface area contributed by atoms with Crippen LogP contribution in [-0.4, -0.2) is 9.78 Å². The minimum atomic E-state index is 0.618. The van der Waals surface area contributed by atoms with Crippen LogP contribution in [0.4, 0.5) is 0 Å². The van der Waals surface area contributed by atoms with Crippen molar-refractivity contribution in [3.63, 3.8) is 0 Å². The number of rotatable bonds is 3. The Bertz CT molecular complexity index is 409. The van der Waals surface area contributed by atoms with E-state index in [0.29, 0.717) is 6.54 Å². The lowest BCUT2D eigenvalue weighted by Crippen LogP contribution is -2.46. The normalized spacial score (nSPS) is 41.5. The fourth-order valence-corrected chi connectivity index (χ4v) is 5.23. The monoisotopic (exact) mass is 245 g/mol. The minimum Gasteiger partial charge on any atom is -0.325 e. The van der Waals surface area contributed by atoms with E-state index in [9.17, 15) is 0 Å². The molecular weight excluding hydrogens is 222 g/mol. The fraction of sp³-hybridized carbons (Fsp3) is 0.800. The second-order valence-electron chi connectivity index (χ2n) is 6.80. The second-order valence-corrected chi connectivity index (χ2v) is 6.80. The maximum Gasteiger partial charge on any atom is 0.0520 e. The van der Waals surface area contributed by atoms with Crippen LogP contribution in [0, 0.1) is 29.6 Å². The molecule has 0 spiro atoms. The third kappa shape index (κ3) is 1.63. The largest absolute Gasteiger partial charge is 0.325 e. The first-order valence-corrected chi connectivity index (χ1v) is 7.54. The molecule has 4 bridgehead atoms. The summed E-state index contributed by atoms with van der Waals surface area (Å²) in [6.07, 6.45) is 9.43. The molecule has 98 valence electrons. The first-order chi connectivity index (χ1) is 8.83. The van der Waals surface area contributed by atoms with Crippen LogP contribution in [0.25, 0.3) is 0 Å². The zero-order valence-electron chi connectivity index (χ0n) is 11.0. The standard InChI is InChI=1S/C15H23N3/c16-8-14-1-2-17-18(14)9-15-12-4-10-3-11(6-12)7-13(15)5-10/h1-2,10-13,15H,3-9,16H2. The maximum absolute atomic E-state index is 5.78. The number of nitrogens with zero attached hydrogens (tertiary/aromatic N) is 2. The van der Waals surface area contributed by atoms with E-state index in [-0.39, 0.29) is 0 Å². The van der Waals surface area contributed by atoms with Crippen LogP contribution in [0.1, 0.15) is 37.8 Å². The van der Waals surface area contributed by atoms with Gasteiger partial charge in [0.15, 0.2) is 0 Å². The third-order valence-electron chi connectivity index (χ3n) is 5.82. The lowest BCUT2D eigenvalue weighted by atomic mass is 9.52. The first kappa shape index (κ1) is 11.0. The summed E-state index contributed by atoms with van der Waals surface area (Å²) in [6, 6.07) is 2.07. The molecule has 1 aromatic rings. The number of hydrogen-bond donors (Lipinski definition) is 1. The molecule has 5 rings (SSSR count). The van der Waals surface area contributed by atoms with Crippen molar-refractivity contribution in [1.29, 1.82) is 0 Å². The van der Waals surface area contributed by atoms with Crippen molar-refractivity contribution >= 4 is 0 Å². The lowest BCUT2D eigenvalue weighted by molar-refractivity contribution is -0.0445. The SMILES string of the molecule is NCc1ccnn1CC1C2CC3CC(C2)CC1C3. The van der Waals surface area contributed by atoms with Crippen LogP contribution >= 0.6 is 0 Å². The quantitative estimate of drug-likeness (QED) is 0.888. The van der Waals surface area contributed by atoms with Crippen LogP contribution in [0.3, 0.4) is 0 Å². The molecule has 0 atom stereocenters. The second kappa shape index (κ2) is 4.09. The van der Waals surface area contributed by atoms with Crippen molar-refractivity contribution in [1.82, 2.24) is 9.78 Å². The van der Waals surface area contributed by atoms with Gasteiger partial charge in [0.1, 0.15) is 0 Å². The molecule has 0 amide bonds. The third-order valence-corrected chi connectivity index (χ3v) is 5.82. The zero-order valence-corrected chi connectivity index (χ0v) is 11.0. The average molecular weight is 245 g/mol. The smallest absolute Gasteiger partial charge is 0.0520 e. The van der Waals surface area contributed by atoms with E-state index < -0.39 is 0 Å². The maximum atomic E-state index is 5.78. The van der Waals surface area contributed by atoms with Crippen LogP contribution in [0.2, 0.25) is 0 Å². The molecule has 3 nitrogen and oxygen atoms in total. The van der Waals surface area contributed by atoms with Gasteiger partial charge in [-0.15, -0.1) is 0 Å². The van der Waals surface area contributed by atoms with Gasteiger partial charge in [-0.1, -0.05) is 0 Å². The van der Waals surface area contributed by atoms with Crippen LogP contribution < -0.4 is 5.73 Å². The molecule has 4 fully saturated rings. The summed E-state index contributed by atoms with van der Waals surface area (Å²) in [7, 11) is 0. The van der Waals surface area contributed by atoms with Crippen LogP contribution in [0.5, 0.6) is 0 Å². The van der Waals surface area contributed by atoms with E-state index in [0.717, 1.165) is 36.1 Å². The molecule has 4 aliphatic carbocycles. The summed E-state index contributed by atoms with van der Waals surface area (Å²) in [5.74, 6) is 4.97. The van der Waals surface area contributed by atoms with Crippen LogP contribution in [0.15, 0.2) is 12.3 Å². The van der Waals surface area contributed by atoms with E-state index in [1.165, 1.54) is 37.8 Å². The molecule has 0 saturated heterocycles. The Morgan fingerprint density at radius 3 is 2.39 bits per heavy atom. The molecule has 4 aliphatic rings. The van der Waals surface area contributed by atoms with Gasteiger partial charge in [-0.3, -0.25) is 4.68 Å². The summed E-state index contributed by atoms with van der Waals surface area (Å²) in [5.41, 5.74) is 6.98. The van der Waals surface area contributed by atoms with Crippen molar-refractivity contribution in [2.45, 2.75) is 45.2 Å². The number of nitrogens with two attached hydrogens (primary N) is 1. The molecule has 3 heteroatoms. The summed E-state index contributed by atoms with van der Waals surface area (Å²) < 4.78 is 2.17. The van der Waals surface area contributed by atoms with E-state index in [1.807, 2.05) is 6.20 Å². The summed E-state index contributed by atoms with van der Waals surface area (Å²) in [5, 5.41) is 4.48. The van der Waals surface area contributed by atoms with Crippen molar-refractivity contribution in [3.05, 3.63) is 18.0 Å². The average Bonchev–Trinajstić information content (AvgIpc) is 2.80. The molecule has 0 aromatic carbocycles. The Labute approximate surface area is 109 Å². The molecule has 1 aromatic heterocycles. The van der Waals surface area contributed by atoms with Gasteiger partial charge in [0, 0.05) is 19.3 Å². The highest BCUT2D eigenvalue weighted by molar-refractivity contribution is 5.02. The Hall–Kier alpha value is -0.830. The van der Waals surface area contributed by atoms with Gasteiger partial charge >= 0.3 is 0 Å². The van der Waals surface area contributed by atoms with E-state index in [1.54, 1.807) is 0 Å². The summed E-state index contributed by atoms with van der Waals surface area (Å²) in [6.45, 7) is 1.74. The minimum absolute atomic E-state index is 0.618. The Balaban J connectivity index is 1.55. The summed E-state index contributed by atoms with van der Waals surface area (Å²) >= 11 is 0. The van der Waals surface area contributed by atoms with Gasteiger partial charge in [0.05, 0.1) is 5.69 Å². The Morgan fingerprint density at radius 1 is 1.11 bits per heavy atom. The molecule has 0 unspecified atom stereocenters. The fourth-order valence-electron chi connectivity index (χ4n) is 5.23. The molecule has 2 N–H and O–H groups in total. The molecular formula is C15H23N3. The molecule has 18 heavy (non-hydrogen) atoms. The Morgan fingerprint density at radius 2 is 1.78 bits per heavy atom. The van der Waals surface area contributed by atoms with Gasteiger partial charge in [0.2, 0.25) is 0 Å². The van der Waals surface area contributed by atoms with Gasteiger partial charge in [-0.2, -0.15) is 5.10 Å². The number of aromatic nitrogens is 2. The van der Waals surface area contributed by atoms with Gasteiger partial charge < -0.3 is 5.73 Å². The number of hydrogen-bond acceptors (Lipinski definition) is 2.